The Bertz CT molecular complexity index is 256. The van der Waals surface area contributed by atoms with E-state index < -0.39 is 0 Å². The van der Waals surface area contributed by atoms with E-state index in [1.165, 1.54) is 0 Å². The van der Waals surface area contributed by atoms with Gasteiger partial charge in [0.2, 0.25) is 0 Å². The average Bonchev–Trinajstić information content (AvgIpc) is 2.65. The summed E-state index contributed by atoms with van der Waals surface area (Å²) in [6.45, 7) is 2.88. The smallest absolute Gasteiger partial charge is 0.0951 e. The van der Waals surface area contributed by atoms with Gasteiger partial charge in [-0.2, -0.15) is 0 Å². The molecule has 0 saturated carbocycles. The van der Waals surface area contributed by atoms with Gasteiger partial charge in [0, 0.05) is 13.3 Å². The molecule has 0 radical (unpaired) electrons. The molecule has 0 aromatic carbocycles. The van der Waals surface area contributed by atoms with Crippen LogP contribution in [0.3, 0.4) is 0 Å². The Kier molecular flexibility index (Phi) is 4.98. The van der Waals surface area contributed by atoms with Crippen LogP contribution >= 0.6 is 11.6 Å². The second-order valence-electron chi connectivity index (χ2n) is 3.32. The highest BCUT2D eigenvalue weighted by Crippen LogP contribution is 2.17. The molecule has 0 amide bonds. The van der Waals surface area contributed by atoms with Gasteiger partial charge in [0.25, 0.3) is 0 Å². The second-order valence-corrected chi connectivity index (χ2v) is 3.59. The molecular weight excluding hydrogens is 200 g/mol. The van der Waals surface area contributed by atoms with Crippen LogP contribution in [-0.2, 0) is 10.6 Å². The van der Waals surface area contributed by atoms with E-state index in [2.05, 4.69) is 16.5 Å². The van der Waals surface area contributed by atoms with Gasteiger partial charge in [0.15, 0.2) is 0 Å². The van der Waals surface area contributed by atoms with Crippen molar-refractivity contribution in [3.8, 4) is 0 Å². The molecule has 0 saturated heterocycles. The Morgan fingerprint density at radius 1 is 1.64 bits per heavy atom. The summed E-state index contributed by atoms with van der Waals surface area (Å²) in [5, 5.41) is 0. The molecular formula is C10H17ClN2O. The summed E-state index contributed by atoms with van der Waals surface area (Å²) in [6.07, 6.45) is 5.87. The predicted octanol–water partition coefficient (Wildman–Crippen LogP) is 2.61. The fourth-order valence-electron chi connectivity index (χ4n) is 1.59. The van der Waals surface area contributed by atoms with Gasteiger partial charge in [-0.3, -0.25) is 0 Å². The zero-order valence-electron chi connectivity index (χ0n) is 8.74. The molecule has 1 atom stereocenters. The SMILES string of the molecule is CCCC(COC)n1cncc1CCl. The lowest BCUT2D eigenvalue weighted by Gasteiger charge is -2.18. The first kappa shape index (κ1) is 11.5. The van der Waals surface area contributed by atoms with E-state index in [1.54, 1.807) is 7.11 Å². The fourth-order valence-corrected chi connectivity index (χ4v) is 1.80. The van der Waals surface area contributed by atoms with Crippen LogP contribution in [0.25, 0.3) is 0 Å². The maximum Gasteiger partial charge on any atom is 0.0951 e. The number of halogens is 1. The van der Waals surface area contributed by atoms with E-state index in [4.69, 9.17) is 16.3 Å². The van der Waals surface area contributed by atoms with E-state index >= 15 is 0 Å². The Morgan fingerprint density at radius 2 is 2.43 bits per heavy atom. The Balaban J connectivity index is 2.75. The van der Waals surface area contributed by atoms with Crippen LogP contribution in [0.4, 0.5) is 0 Å². The predicted molar refractivity (Wildman–Crippen MR) is 57.6 cm³/mol. The van der Waals surface area contributed by atoms with E-state index in [0.29, 0.717) is 18.5 Å². The number of aromatic nitrogens is 2. The van der Waals surface area contributed by atoms with Gasteiger partial charge in [0.1, 0.15) is 0 Å². The van der Waals surface area contributed by atoms with Gasteiger partial charge in [-0.1, -0.05) is 13.3 Å². The van der Waals surface area contributed by atoms with Crippen LogP contribution in [0.1, 0.15) is 31.5 Å². The molecule has 0 aliphatic rings. The zero-order chi connectivity index (χ0) is 10.4. The van der Waals surface area contributed by atoms with Crippen molar-refractivity contribution >= 4 is 11.6 Å². The molecule has 0 bridgehead atoms. The number of rotatable bonds is 6. The minimum atomic E-state index is 0.362. The van der Waals surface area contributed by atoms with Gasteiger partial charge in [-0.15, -0.1) is 11.6 Å². The van der Waals surface area contributed by atoms with Crippen molar-refractivity contribution in [2.75, 3.05) is 13.7 Å². The average molecular weight is 217 g/mol. The van der Waals surface area contributed by atoms with Crippen molar-refractivity contribution < 1.29 is 4.74 Å². The lowest BCUT2D eigenvalue weighted by molar-refractivity contribution is 0.149. The lowest BCUT2D eigenvalue weighted by Crippen LogP contribution is -2.15. The summed E-state index contributed by atoms with van der Waals surface area (Å²) < 4.78 is 7.30. The molecule has 80 valence electrons. The van der Waals surface area contributed by atoms with E-state index in [0.717, 1.165) is 18.5 Å². The lowest BCUT2D eigenvalue weighted by atomic mass is 10.2. The third-order valence-electron chi connectivity index (χ3n) is 2.26. The first-order chi connectivity index (χ1) is 6.83. The van der Waals surface area contributed by atoms with E-state index in [-0.39, 0.29) is 0 Å². The maximum absolute atomic E-state index is 5.82. The molecule has 0 fully saturated rings. The van der Waals surface area contributed by atoms with Crippen LogP contribution < -0.4 is 0 Å². The number of hydrogen-bond acceptors (Lipinski definition) is 2. The second kappa shape index (κ2) is 6.04. The third-order valence-corrected chi connectivity index (χ3v) is 2.53. The molecule has 0 aliphatic carbocycles. The minimum Gasteiger partial charge on any atom is -0.383 e. The first-order valence-corrected chi connectivity index (χ1v) is 5.42. The van der Waals surface area contributed by atoms with Crippen LogP contribution in [0.15, 0.2) is 12.5 Å². The van der Waals surface area contributed by atoms with Gasteiger partial charge in [-0.25, -0.2) is 4.98 Å². The fraction of sp³-hybridized carbons (Fsp3) is 0.700. The Morgan fingerprint density at radius 3 is 3.00 bits per heavy atom. The van der Waals surface area contributed by atoms with Crippen LogP contribution in [0.5, 0.6) is 0 Å². The first-order valence-electron chi connectivity index (χ1n) is 4.89. The van der Waals surface area contributed by atoms with Crippen molar-refractivity contribution in [1.29, 1.82) is 0 Å². The molecule has 1 aromatic rings. The van der Waals surface area contributed by atoms with Crippen molar-refractivity contribution in [1.82, 2.24) is 9.55 Å². The van der Waals surface area contributed by atoms with Gasteiger partial charge in [-0.05, 0) is 6.42 Å². The summed E-state index contributed by atoms with van der Waals surface area (Å²) in [6, 6.07) is 0.362. The molecule has 4 heteroatoms. The number of alkyl halides is 1. The zero-order valence-corrected chi connectivity index (χ0v) is 9.50. The Hall–Kier alpha value is -0.540. The van der Waals surface area contributed by atoms with Gasteiger partial charge >= 0.3 is 0 Å². The topological polar surface area (TPSA) is 27.1 Å². The number of hydrogen-bond donors (Lipinski definition) is 0. The quantitative estimate of drug-likeness (QED) is 0.684. The Labute approximate surface area is 90.0 Å². The molecule has 0 spiro atoms. The normalized spacial score (nSPS) is 13.1. The number of ether oxygens (including phenoxy) is 1. The van der Waals surface area contributed by atoms with E-state index in [1.807, 2.05) is 12.5 Å². The largest absolute Gasteiger partial charge is 0.383 e. The molecule has 1 heterocycles. The monoisotopic (exact) mass is 216 g/mol. The molecule has 3 nitrogen and oxygen atoms in total. The number of methoxy groups -OCH3 is 1. The van der Waals surface area contributed by atoms with Crippen molar-refractivity contribution in [2.24, 2.45) is 0 Å². The summed E-state index contributed by atoms with van der Waals surface area (Å²) in [5.74, 6) is 0.504. The molecule has 0 aliphatic heterocycles. The minimum absolute atomic E-state index is 0.362. The maximum atomic E-state index is 5.82. The van der Waals surface area contributed by atoms with Gasteiger partial charge < -0.3 is 9.30 Å². The number of imidazole rings is 1. The summed E-state index contributed by atoms with van der Waals surface area (Å²) >= 11 is 5.82. The highest BCUT2D eigenvalue weighted by atomic mass is 35.5. The molecule has 14 heavy (non-hydrogen) atoms. The molecule has 0 N–H and O–H groups in total. The standard InChI is InChI=1S/C10H17ClN2O/c1-3-4-9(7-14-2)13-8-12-6-10(13)5-11/h6,8-9H,3-5,7H2,1-2H3. The molecule has 1 aromatic heterocycles. The van der Waals surface area contributed by atoms with Crippen molar-refractivity contribution in [3.63, 3.8) is 0 Å². The highest BCUT2D eigenvalue weighted by Gasteiger charge is 2.12. The number of nitrogens with zero attached hydrogens (tertiary/aromatic N) is 2. The van der Waals surface area contributed by atoms with Crippen LogP contribution in [0, 0.1) is 0 Å². The van der Waals surface area contributed by atoms with E-state index in [9.17, 15) is 0 Å². The van der Waals surface area contributed by atoms with Crippen LogP contribution in [0.2, 0.25) is 0 Å². The summed E-state index contributed by atoms with van der Waals surface area (Å²) in [5.41, 5.74) is 1.06. The highest BCUT2D eigenvalue weighted by molar-refractivity contribution is 6.16. The summed E-state index contributed by atoms with van der Waals surface area (Å²) in [4.78, 5) is 4.10. The third kappa shape index (κ3) is 2.72. The molecule has 1 unspecified atom stereocenters. The molecule has 1 rings (SSSR count). The van der Waals surface area contributed by atoms with Crippen LogP contribution in [-0.4, -0.2) is 23.3 Å². The van der Waals surface area contributed by atoms with Gasteiger partial charge in [0.05, 0.1) is 30.5 Å². The summed E-state index contributed by atoms with van der Waals surface area (Å²) in [7, 11) is 1.72. The van der Waals surface area contributed by atoms with Crippen molar-refractivity contribution in [2.45, 2.75) is 31.7 Å². The van der Waals surface area contributed by atoms with Crippen molar-refractivity contribution in [3.05, 3.63) is 18.2 Å².